The lowest BCUT2D eigenvalue weighted by molar-refractivity contribution is 0.411. The fraction of sp³-hybridized carbons (Fsp3) is 0.400. The van der Waals surface area contributed by atoms with Crippen LogP contribution >= 0.6 is 15.9 Å². The molecule has 0 fully saturated rings. The number of aromatic nitrogens is 2. The standard InChI is InChI=1S/C15H19BrN2O/c1-10-9-12(6-8-14(10)19-4)5-7-13-15(16)17-11(2)18(13)3/h6,8-9H,5,7H2,1-4H3. The summed E-state index contributed by atoms with van der Waals surface area (Å²) in [5.74, 6) is 1.98. The number of imidazole rings is 1. The van der Waals surface area contributed by atoms with E-state index in [0.717, 1.165) is 29.0 Å². The average molecular weight is 323 g/mol. The maximum Gasteiger partial charge on any atom is 0.127 e. The van der Waals surface area contributed by atoms with Crippen LogP contribution in [0.3, 0.4) is 0 Å². The van der Waals surface area contributed by atoms with Gasteiger partial charge in [-0.15, -0.1) is 0 Å². The Morgan fingerprint density at radius 1 is 1.26 bits per heavy atom. The van der Waals surface area contributed by atoms with E-state index >= 15 is 0 Å². The Labute approximate surface area is 122 Å². The van der Waals surface area contributed by atoms with Crippen molar-refractivity contribution in [1.29, 1.82) is 0 Å². The van der Waals surface area contributed by atoms with Crippen LogP contribution in [-0.2, 0) is 19.9 Å². The number of benzene rings is 1. The first-order chi connectivity index (χ1) is 9.02. The fourth-order valence-corrected chi connectivity index (χ4v) is 2.97. The van der Waals surface area contributed by atoms with Gasteiger partial charge in [-0.2, -0.15) is 0 Å². The summed E-state index contributed by atoms with van der Waals surface area (Å²) in [5, 5.41) is 0. The van der Waals surface area contributed by atoms with Crippen molar-refractivity contribution in [2.75, 3.05) is 7.11 Å². The number of nitrogens with zero attached hydrogens (tertiary/aromatic N) is 2. The van der Waals surface area contributed by atoms with Crippen LogP contribution in [0.1, 0.15) is 22.6 Å². The van der Waals surface area contributed by atoms with Gasteiger partial charge in [0.1, 0.15) is 16.2 Å². The van der Waals surface area contributed by atoms with Gasteiger partial charge in [-0.25, -0.2) is 4.98 Å². The summed E-state index contributed by atoms with van der Waals surface area (Å²) in [6, 6.07) is 6.35. The molecule has 102 valence electrons. The molecule has 0 spiro atoms. The van der Waals surface area contributed by atoms with Crippen LogP contribution in [0, 0.1) is 13.8 Å². The summed E-state index contributed by atoms with van der Waals surface area (Å²) in [4.78, 5) is 4.43. The summed E-state index contributed by atoms with van der Waals surface area (Å²) in [5.41, 5.74) is 3.75. The molecule has 0 saturated heterocycles. The molecule has 0 bridgehead atoms. The lowest BCUT2D eigenvalue weighted by atomic mass is 10.1. The molecule has 0 radical (unpaired) electrons. The van der Waals surface area contributed by atoms with Gasteiger partial charge in [-0.1, -0.05) is 12.1 Å². The van der Waals surface area contributed by atoms with Crippen LogP contribution in [0.15, 0.2) is 22.8 Å². The van der Waals surface area contributed by atoms with Gasteiger partial charge < -0.3 is 9.30 Å². The number of hydrogen-bond donors (Lipinski definition) is 0. The molecule has 1 heterocycles. The highest BCUT2D eigenvalue weighted by molar-refractivity contribution is 9.10. The molecule has 0 unspecified atom stereocenters. The van der Waals surface area contributed by atoms with Crippen molar-refractivity contribution in [3.8, 4) is 5.75 Å². The molecule has 1 aromatic heterocycles. The molecule has 0 aliphatic rings. The monoisotopic (exact) mass is 322 g/mol. The number of aryl methyl sites for hydroxylation is 3. The molecule has 0 aliphatic carbocycles. The van der Waals surface area contributed by atoms with Gasteiger partial charge >= 0.3 is 0 Å². The molecule has 0 N–H and O–H groups in total. The SMILES string of the molecule is COc1ccc(CCc2c(Br)nc(C)n2C)cc1C. The second-order valence-electron chi connectivity index (χ2n) is 4.76. The highest BCUT2D eigenvalue weighted by atomic mass is 79.9. The summed E-state index contributed by atoms with van der Waals surface area (Å²) in [7, 11) is 3.76. The molecule has 1 aromatic carbocycles. The van der Waals surface area contributed by atoms with E-state index in [9.17, 15) is 0 Å². The molecule has 2 rings (SSSR count). The van der Waals surface area contributed by atoms with Crippen molar-refractivity contribution < 1.29 is 4.74 Å². The molecule has 2 aromatic rings. The fourth-order valence-electron chi connectivity index (χ4n) is 2.24. The van der Waals surface area contributed by atoms with Gasteiger partial charge in [0, 0.05) is 7.05 Å². The maximum absolute atomic E-state index is 5.28. The number of halogens is 1. The number of ether oxygens (including phenoxy) is 1. The van der Waals surface area contributed by atoms with E-state index in [1.54, 1.807) is 7.11 Å². The predicted molar refractivity (Wildman–Crippen MR) is 80.8 cm³/mol. The lowest BCUT2D eigenvalue weighted by Crippen LogP contribution is -2.01. The van der Waals surface area contributed by atoms with Gasteiger partial charge in [0.2, 0.25) is 0 Å². The third kappa shape index (κ3) is 3.00. The molecule has 3 nitrogen and oxygen atoms in total. The molecule has 4 heteroatoms. The lowest BCUT2D eigenvalue weighted by Gasteiger charge is -2.08. The molecular formula is C15H19BrN2O. The zero-order valence-corrected chi connectivity index (χ0v) is 13.4. The first-order valence-electron chi connectivity index (χ1n) is 6.34. The molecule has 0 atom stereocenters. The van der Waals surface area contributed by atoms with Crippen LogP contribution in [0.5, 0.6) is 5.75 Å². The Morgan fingerprint density at radius 2 is 2.00 bits per heavy atom. The maximum atomic E-state index is 5.28. The Morgan fingerprint density at radius 3 is 2.53 bits per heavy atom. The van der Waals surface area contributed by atoms with Gasteiger partial charge in [0.25, 0.3) is 0 Å². The van der Waals surface area contributed by atoms with Gasteiger partial charge in [0.05, 0.1) is 12.8 Å². The smallest absolute Gasteiger partial charge is 0.127 e. The number of methoxy groups -OCH3 is 1. The van der Waals surface area contributed by atoms with Crippen molar-refractivity contribution >= 4 is 15.9 Å². The highest BCUT2D eigenvalue weighted by Gasteiger charge is 2.10. The van der Waals surface area contributed by atoms with Crippen LogP contribution in [0.25, 0.3) is 0 Å². The average Bonchev–Trinajstić information content (AvgIpc) is 2.61. The molecule has 0 aliphatic heterocycles. The Balaban J connectivity index is 2.12. The minimum Gasteiger partial charge on any atom is -0.496 e. The van der Waals surface area contributed by atoms with Crippen LogP contribution < -0.4 is 4.74 Å². The minimum absolute atomic E-state index is 0.946. The summed E-state index contributed by atoms with van der Waals surface area (Å²) < 4.78 is 8.38. The number of hydrogen-bond acceptors (Lipinski definition) is 2. The zero-order chi connectivity index (χ0) is 14.0. The first-order valence-corrected chi connectivity index (χ1v) is 7.13. The van der Waals surface area contributed by atoms with Crippen molar-refractivity contribution in [3.05, 3.63) is 45.4 Å². The summed E-state index contributed by atoms with van der Waals surface area (Å²) in [6.45, 7) is 4.10. The summed E-state index contributed by atoms with van der Waals surface area (Å²) >= 11 is 3.53. The van der Waals surface area contributed by atoms with Crippen molar-refractivity contribution in [2.45, 2.75) is 26.7 Å². The van der Waals surface area contributed by atoms with E-state index in [0.29, 0.717) is 0 Å². The Kier molecular flexibility index (Phi) is 4.30. The molecule has 19 heavy (non-hydrogen) atoms. The van der Waals surface area contributed by atoms with E-state index in [-0.39, 0.29) is 0 Å². The van der Waals surface area contributed by atoms with Crippen molar-refractivity contribution in [3.63, 3.8) is 0 Å². The quantitative estimate of drug-likeness (QED) is 0.860. The van der Waals surface area contributed by atoms with E-state index in [1.165, 1.54) is 16.8 Å². The Bertz CT molecular complexity index is 590. The highest BCUT2D eigenvalue weighted by Crippen LogP contribution is 2.22. The summed E-state index contributed by atoms with van der Waals surface area (Å²) in [6.07, 6.45) is 1.98. The first kappa shape index (κ1) is 14.1. The Hall–Kier alpha value is -1.29. The normalized spacial score (nSPS) is 10.8. The minimum atomic E-state index is 0.946. The van der Waals surface area contributed by atoms with Crippen LogP contribution in [-0.4, -0.2) is 16.7 Å². The van der Waals surface area contributed by atoms with E-state index in [2.05, 4.69) is 51.6 Å². The molecular weight excluding hydrogens is 304 g/mol. The third-order valence-electron chi connectivity index (χ3n) is 3.50. The number of rotatable bonds is 4. The van der Waals surface area contributed by atoms with Gasteiger partial charge in [-0.05, 0) is 59.8 Å². The second kappa shape index (κ2) is 5.78. The molecule has 0 amide bonds. The van der Waals surface area contributed by atoms with E-state index in [4.69, 9.17) is 4.74 Å². The third-order valence-corrected chi connectivity index (χ3v) is 4.13. The molecule has 0 saturated carbocycles. The van der Waals surface area contributed by atoms with Crippen molar-refractivity contribution in [2.24, 2.45) is 7.05 Å². The predicted octanol–water partition coefficient (Wildman–Crippen LogP) is 3.59. The van der Waals surface area contributed by atoms with Gasteiger partial charge in [0.15, 0.2) is 0 Å². The topological polar surface area (TPSA) is 27.1 Å². The largest absolute Gasteiger partial charge is 0.496 e. The van der Waals surface area contributed by atoms with E-state index < -0.39 is 0 Å². The van der Waals surface area contributed by atoms with Gasteiger partial charge in [-0.3, -0.25) is 0 Å². The second-order valence-corrected chi connectivity index (χ2v) is 5.51. The van der Waals surface area contributed by atoms with Crippen LogP contribution in [0.2, 0.25) is 0 Å². The van der Waals surface area contributed by atoms with E-state index in [1.807, 2.05) is 13.0 Å². The van der Waals surface area contributed by atoms with Crippen LogP contribution in [0.4, 0.5) is 0 Å². The zero-order valence-electron chi connectivity index (χ0n) is 11.8. The van der Waals surface area contributed by atoms with Crippen molar-refractivity contribution in [1.82, 2.24) is 9.55 Å².